The fourth-order valence-corrected chi connectivity index (χ4v) is 3.28. The molecule has 0 fully saturated rings. The molecule has 1 aliphatic rings. The van der Waals surface area contributed by atoms with Gasteiger partial charge in [-0.3, -0.25) is 14.4 Å². The number of H-pyrrole nitrogens is 1. The van der Waals surface area contributed by atoms with Crippen LogP contribution in [0.3, 0.4) is 0 Å². The number of anilines is 1. The summed E-state index contributed by atoms with van der Waals surface area (Å²) in [6.45, 7) is 2.37. The van der Waals surface area contributed by atoms with E-state index < -0.39 is 6.10 Å². The van der Waals surface area contributed by atoms with E-state index >= 15 is 0 Å². The summed E-state index contributed by atoms with van der Waals surface area (Å²) < 4.78 is 5.70. The number of nitrogens with zero attached hydrogens (tertiary/aromatic N) is 2. The maximum absolute atomic E-state index is 12.8. The molecule has 1 atom stereocenters. The zero-order valence-corrected chi connectivity index (χ0v) is 15.8. The molecule has 0 saturated heterocycles. The number of hydrogen-bond acceptors (Lipinski definition) is 5. The molecule has 2 aromatic carbocycles. The number of carbonyl (C=O) groups excluding carboxylic acids is 2. The first-order valence-electron chi connectivity index (χ1n) is 9.37. The molecule has 29 heavy (non-hydrogen) atoms. The molecule has 0 saturated carbocycles. The first-order chi connectivity index (χ1) is 14.0. The van der Waals surface area contributed by atoms with Crippen molar-refractivity contribution in [1.82, 2.24) is 14.9 Å². The number of ether oxygens (including phenoxy) is 1. The molecule has 0 radical (unpaired) electrons. The van der Waals surface area contributed by atoms with Crippen LogP contribution >= 0.6 is 0 Å². The quantitative estimate of drug-likeness (QED) is 0.692. The molecule has 2 heterocycles. The minimum absolute atomic E-state index is 0.105. The van der Waals surface area contributed by atoms with E-state index in [2.05, 4.69) is 15.3 Å². The van der Waals surface area contributed by atoms with Gasteiger partial charge in [0.1, 0.15) is 11.6 Å². The van der Waals surface area contributed by atoms with Crippen molar-refractivity contribution in [2.75, 3.05) is 11.9 Å². The maximum Gasteiger partial charge on any atom is 0.266 e. The zero-order valence-electron chi connectivity index (χ0n) is 15.8. The minimum atomic E-state index is -0.907. The van der Waals surface area contributed by atoms with Gasteiger partial charge < -0.3 is 19.9 Å². The second-order valence-corrected chi connectivity index (χ2v) is 6.73. The smallest absolute Gasteiger partial charge is 0.266 e. The second kappa shape index (κ2) is 7.75. The molecule has 3 aromatic rings. The van der Waals surface area contributed by atoms with E-state index in [1.807, 2.05) is 6.92 Å². The van der Waals surface area contributed by atoms with E-state index in [9.17, 15) is 14.4 Å². The number of hydrogen-bond donors (Lipinski definition) is 2. The summed E-state index contributed by atoms with van der Waals surface area (Å²) in [4.78, 5) is 46.0. The molecular weight excluding hydrogens is 372 g/mol. The van der Waals surface area contributed by atoms with Gasteiger partial charge in [-0.15, -0.1) is 0 Å². The van der Waals surface area contributed by atoms with Gasteiger partial charge in [-0.1, -0.05) is 24.3 Å². The Balaban J connectivity index is 1.49. The molecule has 2 N–H and O–H groups in total. The van der Waals surface area contributed by atoms with Crippen LogP contribution in [0, 0.1) is 0 Å². The van der Waals surface area contributed by atoms with E-state index in [4.69, 9.17) is 4.74 Å². The second-order valence-electron chi connectivity index (χ2n) is 6.73. The van der Waals surface area contributed by atoms with Gasteiger partial charge in [0.25, 0.3) is 11.5 Å². The van der Waals surface area contributed by atoms with Gasteiger partial charge in [-0.05, 0) is 31.2 Å². The van der Waals surface area contributed by atoms with Crippen molar-refractivity contribution in [3.05, 3.63) is 64.7 Å². The fraction of sp³-hybridized carbons (Fsp3) is 0.238. The van der Waals surface area contributed by atoms with Gasteiger partial charge in [-0.25, -0.2) is 4.98 Å². The highest BCUT2D eigenvalue weighted by Gasteiger charge is 2.31. The van der Waals surface area contributed by atoms with Crippen molar-refractivity contribution in [3.8, 4) is 5.75 Å². The molecule has 148 valence electrons. The van der Waals surface area contributed by atoms with E-state index in [1.54, 1.807) is 48.5 Å². The molecule has 0 bridgehead atoms. The summed E-state index contributed by atoms with van der Waals surface area (Å²) in [5, 5.41) is 3.25. The molecule has 0 spiro atoms. The molecular formula is C21H20N4O4. The Morgan fingerprint density at radius 1 is 1.14 bits per heavy atom. The SMILES string of the molecule is CCN(Cc1nc2ccccc2c(=O)[nH]1)C(=O)C[C@H]1Oc2ccccc2NC1=O. The minimum Gasteiger partial charge on any atom is -0.478 e. The first kappa shape index (κ1) is 18.7. The largest absolute Gasteiger partial charge is 0.478 e. The number of benzene rings is 2. The average Bonchev–Trinajstić information content (AvgIpc) is 2.72. The normalized spacial score (nSPS) is 15.3. The van der Waals surface area contributed by atoms with Gasteiger partial charge in [0.05, 0.1) is 29.6 Å². The van der Waals surface area contributed by atoms with E-state index in [1.165, 1.54) is 4.90 Å². The molecule has 2 amide bonds. The van der Waals surface area contributed by atoms with Gasteiger partial charge in [0.15, 0.2) is 6.10 Å². The summed E-state index contributed by atoms with van der Waals surface area (Å²) in [6.07, 6.45) is -1.01. The lowest BCUT2D eigenvalue weighted by Gasteiger charge is -2.27. The molecule has 8 nitrogen and oxygen atoms in total. The lowest BCUT2D eigenvalue weighted by Crippen LogP contribution is -2.42. The van der Waals surface area contributed by atoms with Crippen molar-refractivity contribution >= 4 is 28.4 Å². The maximum atomic E-state index is 12.8. The zero-order chi connectivity index (χ0) is 20.4. The molecule has 1 aromatic heterocycles. The Morgan fingerprint density at radius 2 is 1.90 bits per heavy atom. The van der Waals surface area contributed by atoms with Crippen LogP contribution < -0.4 is 15.6 Å². The van der Waals surface area contributed by atoms with Crippen molar-refractivity contribution in [2.45, 2.75) is 26.0 Å². The monoisotopic (exact) mass is 392 g/mol. The molecule has 8 heteroatoms. The highest BCUT2D eigenvalue weighted by molar-refractivity contribution is 5.99. The summed E-state index contributed by atoms with van der Waals surface area (Å²) in [5.74, 6) is 0.310. The van der Waals surface area contributed by atoms with Crippen molar-refractivity contribution in [2.24, 2.45) is 0 Å². The summed E-state index contributed by atoms with van der Waals surface area (Å²) >= 11 is 0. The standard InChI is InChI=1S/C21H20N4O4/c1-2-25(12-18-22-14-8-4-3-7-13(14)20(27)24-18)19(26)11-17-21(28)23-15-9-5-6-10-16(15)29-17/h3-10,17H,2,11-12H2,1H3,(H,23,28)(H,22,24,27)/t17-/m1/s1. The molecule has 1 aliphatic heterocycles. The van der Waals surface area contributed by atoms with E-state index in [0.29, 0.717) is 34.7 Å². The topological polar surface area (TPSA) is 104 Å². The van der Waals surface area contributed by atoms with Gasteiger partial charge in [-0.2, -0.15) is 0 Å². The Hall–Kier alpha value is -3.68. The third-order valence-corrected chi connectivity index (χ3v) is 4.80. The van der Waals surface area contributed by atoms with Gasteiger partial charge >= 0.3 is 0 Å². The third kappa shape index (κ3) is 3.82. The van der Waals surface area contributed by atoms with Crippen molar-refractivity contribution < 1.29 is 14.3 Å². The lowest BCUT2D eigenvalue weighted by atomic mass is 10.1. The Labute approximate surface area is 166 Å². The number of amides is 2. The van der Waals surface area contributed by atoms with Crippen LogP contribution in [0.2, 0.25) is 0 Å². The third-order valence-electron chi connectivity index (χ3n) is 4.80. The van der Waals surface area contributed by atoms with Crippen LogP contribution in [0.25, 0.3) is 10.9 Å². The van der Waals surface area contributed by atoms with Crippen molar-refractivity contribution in [3.63, 3.8) is 0 Å². The molecule has 4 rings (SSSR count). The Bertz CT molecular complexity index is 1140. The number of fused-ring (bicyclic) bond motifs is 2. The first-order valence-corrected chi connectivity index (χ1v) is 9.37. The van der Waals surface area contributed by atoms with Gasteiger partial charge in [0.2, 0.25) is 5.91 Å². The van der Waals surface area contributed by atoms with Crippen LogP contribution in [0.15, 0.2) is 53.3 Å². The van der Waals surface area contributed by atoms with Gasteiger partial charge in [0, 0.05) is 6.54 Å². The molecule has 0 unspecified atom stereocenters. The number of para-hydroxylation sites is 3. The lowest BCUT2D eigenvalue weighted by molar-refractivity contribution is -0.137. The highest BCUT2D eigenvalue weighted by Crippen LogP contribution is 2.29. The summed E-state index contributed by atoms with van der Waals surface area (Å²) in [7, 11) is 0. The number of carbonyl (C=O) groups is 2. The number of nitrogens with one attached hydrogen (secondary N) is 2. The highest BCUT2D eigenvalue weighted by atomic mass is 16.5. The average molecular weight is 392 g/mol. The number of aromatic amines is 1. The van der Waals surface area contributed by atoms with Crippen LogP contribution in [-0.4, -0.2) is 39.3 Å². The number of rotatable bonds is 5. The molecule has 0 aliphatic carbocycles. The summed E-state index contributed by atoms with van der Waals surface area (Å²) in [5.41, 5.74) is 0.911. The van der Waals surface area contributed by atoms with Crippen molar-refractivity contribution in [1.29, 1.82) is 0 Å². The summed E-state index contributed by atoms with van der Waals surface area (Å²) in [6, 6.07) is 14.1. The fourth-order valence-electron chi connectivity index (χ4n) is 3.28. The van der Waals surface area contributed by atoms with Crippen LogP contribution in [0.5, 0.6) is 5.75 Å². The Kier molecular flexibility index (Phi) is 4.99. The van der Waals surface area contributed by atoms with Crippen LogP contribution in [0.4, 0.5) is 5.69 Å². The predicted octanol–water partition coefficient (Wildman–Crippen LogP) is 2.06. The van der Waals surface area contributed by atoms with E-state index in [0.717, 1.165) is 0 Å². The van der Waals surface area contributed by atoms with Crippen LogP contribution in [-0.2, 0) is 16.1 Å². The van der Waals surface area contributed by atoms with E-state index in [-0.39, 0.29) is 30.3 Å². The number of aromatic nitrogens is 2. The van der Waals surface area contributed by atoms with Crippen LogP contribution in [0.1, 0.15) is 19.2 Å². The Morgan fingerprint density at radius 3 is 2.72 bits per heavy atom. The predicted molar refractivity (Wildman–Crippen MR) is 108 cm³/mol.